The van der Waals surface area contributed by atoms with Gasteiger partial charge in [-0.1, -0.05) is 0 Å². The predicted octanol–water partition coefficient (Wildman–Crippen LogP) is 0.371. The zero-order valence-corrected chi connectivity index (χ0v) is 7.27. The topological polar surface area (TPSA) is 61.8 Å². The maximum Gasteiger partial charge on any atom is 0.0777 e. The van der Waals surface area contributed by atoms with Gasteiger partial charge in [0, 0.05) is 5.54 Å². The van der Waals surface area contributed by atoms with Gasteiger partial charge in [0.1, 0.15) is 0 Å². The molecule has 3 nitrogen and oxygen atoms in total. The molecule has 0 amide bonds. The first-order valence-corrected chi connectivity index (χ1v) is 4.63. The molecule has 2 rings (SSSR count). The number of rotatable bonds is 1. The molecule has 12 heavy (non-hydrogen) atoms. The molecule has 1 saturated heterocycles. The third kappa shape index (κ3) is 0.954. The second-order valence-electron chi connectivity index (χ2n) is 4.10. The van der Waals surface area contributed by atoms with Crippen LogP contribution in [0.3, 0.4) is 0 Å². The highest BCUT2D eigenvalue weighted by molar-refractivity contribution is 5.22. The van der Waals surface area contributed by atoms with E-state index < -0.39 is 0 Å². The van der Waals surface area contributed by atoms with Crippen LogP contribution in [0.1, 0.15) is 25.7 Å². The van der Waals surface area contributed by atoms with Gasteiger partial charge in [0.05, 0.1) is 11.5 Å². The van der Waals surface area contributed by atoms with E-state index in [1.54, 1.807) is 0 Å². The molecule has 0 radical (unpaired) electrons. The zero-order valence-electron chi connectivity index (χ0n) is 7.27. The van der Waals surface area contributed by atoms with Crippen molar-refractivity contribution in [3.8, 4) is 6.07 Å². The average Bonchev–Trinajstić information content (AvgIpc) is 2.87. The van der Waals surface area contributed by atoms with Crippen LogP contribution in [0, 0.1) is 16.7 Å². The summed E-state index contributed by atoms with van der Waals surface area (Å²) in [7, 11) is 0. The third-order valence-corrected chi connectivity index (χ3v) is 3.41. The molecule has 2 aliphatic rings. The van der Waals surface area contributed by atoms with Gasteiger partial charge in [0.25, 0.3) is 0 Å². The van der Waals surface area contributed by atoms with E-state index in [0.29, 0.717) is 0 Å². The molecule has 0 unspecified atom stereocenters. The molecule has 0 aromatic rings. The summed E-state index contributed by atoms with van der Waals surface area (Å²) in [6, 6.07) is 2.45. The van der Waals surface area contributed by atoms with Crippen molar-refractivity contribution >= 4 is 0 Å². The number of hydrogen-bond donors (Lipinski definition) is 2. The summed E-state index contributed by atoms with van der Waals surface area (Å²) < 4.78 is 0. The third-order valence-electron chi connectivity index (χ3n) is 3.41. The van der Waals surface area contributed by atoms with Crippen molar-refractivity contribution in [2.45, 2.75) is 31.2 Å². The molecule has 0 bridgehead atoms. The normalized spacial score (nSPS) is 30.7. The van der Waals surface area contributed by atoms with Crippen LogP contribution in [-0.4, -0.2) is 18.6 Å². The first-order chi connectivity index (χ1) is 5.72. The average molecular weight is 165 g/mol. The summed E-state index contributed by atoms with van der Waals surface area (Å²) in [4.78, 5) is 0. The first kappa shape index (κ1) is 8.03. The molecular formula is C9H15N3. The molecule has 0 atom stereocenters. The van der Waals surface area contributed by atoms with E-state index in [-0.39, 0.29) is 11.0 Å². The highest BCUT2D eigenvalue weighted by Gasteiger charge is 2.57. The lowest BCUT2D eigenvalue weighted by molar-refractivity contribution is 0.215. The van der Waals surface area contributed by atoms with Crippen molar-refractivity contribution in [2.75, 3.05) is 13.1 Å². The first-order valence-electron chi connectivity index (χ1n) is 4.63. The highest BCUT2D eigenvalue weighted by atomic mass is 14.9. The van der Waals surface area contributed by atoms with Crippen LogP contribution in [0.2, 0.25) is 0 Å². The monoisotopic (exact) mass is 165 g/mol. The van der Waals surface area contributed by atoms with Crippen LogP contribution in [-0.2, 0) is 0 Å². The summed E-state index contributed by atoms with van der Waals surface area (Å²) in [5.74, 6) is 0. The van der Waals surface area contributed by atoms with Gasteiger partial charge in [-0.2, -0.15) is 5.26 Å². The zero-order chi connectivity index (χ0) is 8.66. The van der Waals surface area contributed by atoms with Gasteiger partial charge in [0.2, 0.25) is 0 Å². The Hall–Kier alpha value is -0.590. The quantitative estimate of drug-likeness (QED) is 0.590. The van der Waals surface area contributed by atoms with Gasteiger partial charge in [-0.05, 0) is 38.8 Å². The van der Waals surface area contributed by atoms with Gasteiger partial charge in [0.15, 0.2) is 0 Å². The molecule has 66 valence electrons. The van der Waals surface area contributed by atoms with Gasteiger partial charge in [-0.15, -0.1) is 0 Å². The second kappa shape index (κ2) is 2.45. The number of nitriles is 1. The molecule has 1 aliphatic carbocycles. The van der Waals surface area contributed by atoms with Gasteiger partial charge in [-0.25, -0.2) is 0 Å². The summed E-state index contributed by atoms with van der Waals surface area (Å²) in [6.07, 6.45) is 3.95. The Labute approximate surface area is 72.9 Å². The van der Waals surface area contributed by atoms with Crippen molar-refractivity contribution in [3.63, 3.8) is 0 Å². The van der Waals surface area contributed by atoms with Crippen LogP contribution < -0.4 is 11.1 Å². The molecular weight excluding hydrogens is 150 g/mol. The van der Waals surface area contributed by atoms with Gasteiger partial charge < -0.3 is 11.1 Å². The molecule has 3 heteroatoms. The second-order valence-corrected chi connectivity index (χ2v) is 4.10. The van der Waals surface area contributed by atoms with Crippen LogP contribution >= 0.6 is 0 Å². The lowest BCUT2D eigenvalue weighted by atomic mass is 9.72. The van der Waals surface area contributed by atoms with Crippen molar-refractivity contribution in [1.29, 1.82) is 5.26 Å². The number of hydrogen-bond acceptors (Lipinski definition) is 3. The van der Waals surface area contributed by atoms with Gasteiger partial charge in [-0.3, -0.25) is 0 Å². The van der Waals surface area contributed by atoms with E-state index in [1.807, 2.05) is 0 Å². The van der Waals surface area contributed by atoms with Crippen molar-refractivity contribution in [1.82, 2.24) is 5.32 Å². The van der Waals surface area contributed by atoms with Crippen LogP contribution in [0.15, 0.2) is 0 Å². The minimum Gasteiger partial charge on any atom is -0.324 e. The summed E-state index contributed by atoms with van der Waals surface area (Å²) in [5, 5.41) is 12.4. The standard InChI is InChI=1S/C9H15N3/c10-7-8(9(11)1-2-9)3-5-12-6-4-8/h12H,1-6,11H2. The maximum absolute atomic E-state index is 9.16. The Kier molecular flexibility index (Phi) is 1.64. The summed E-state index contributed by atoms with van der Waals surface area (Å²) in [6.45, 7) is 1.90. The summed E-state index contributed by atoms with van der Waals surface area (Å²) >= 11 is 0. The molecule has 1 aliphatic heterocycles. The van der Waals surface area contributed by atoms with E-state index in [0.717, 1.165) is 38.8 Å². The SMILES string of the molecule is N#CC1(C2(N)CC2)CCNCC1. The molecule has 2 fully saturated rings. The summed E-state index contributed by atoms with van der Waals surface area (Å²) in [5.41, 5.74) is 5.77. The smallest absolute Gasteiger partial charge is 0.0777 e. The van der Waals surface area contributed by atoms with E-state index in [9.17, 15) is 0 Å². The fraction of sp³-hybridized carbons (Fsp3) is 0.889. The minimum atomic E-state index is -0.210. The Bertz CT molecular complexity index is 218. The number of nitrogens with two attached hydrogens (primary N) is 1. The van der Waals surface area contributed by atoms with Crippen LogP contribution in [0.25, 0.3) is 0 Å². The highest BCUT2D eigenvalue weighted by Crippen LogP contribution is 2.52. The number of nitrogens with one attached hydrogen (secondary N) is 1. The Morgan fingerprint density at radius 2 is 1.75 bits per heavy atom. The predicted molar refractivity (Wildman–Crippen MR) is 46.3 cm³/mol. The van der Waals surface area contributed by atoms with E-state index >= 15 is 0 Å². The number of nitrogens with zero attached hydrogens (tertiary/aromatic N) is 1. The van der Waals surface area contributed by atoms with Crippen molar-refractivity contribution in [2.24, 2.45) is 11.1 Å². The molecule has 1 heterocycles. The Morgan fingerprint density at radius 1 is 1.17 bits per heavy atom. The molecule has 0 aromatic carbocycles. The minimum absolute atomic E-state index is 0.135. The largest absolute Gasteiger partial charge is 0.324 e. The Morgan fingerprint density at radius 3 is 2.17 bits per heavy atom. The lowest BCUT2D eigenvalue weighted by Gasteiger charge is -2.36. The fourth-order valence-electron chi connectivity index (χ4n) is 2.19. The molecule has 1 saturated carbocycles. The maximum atomic E-state index is 9.16. The lowest BCUT2D eigenvalue weighted by Crippen LogP contribution is -2.49. The number of piperidine rings is 1. The Balaban J connectivity index is 2.18. The molecule has 0 aromatic heterocycles. The van der Waals surface area contributed by atoms with Gasteiger partial charge >= 0.3 is 0 Å². The van der Waals surface area contributed by atoms with Crippen LogP contribution in [0.5, 0.6) is 0 Å². The molecule has 3 N–H and O–H groups in total. The van der Waals surface area contributed by atoms with E-state index in [4.69, 9.17) is 11.0 Å². The fourth-order valence-corrected chi connectivity index (χ4v) is 2.19. The molecule has 0 spiro atoms. The van der Waals surface area contributed by atoms with Crippen molar-refractivity contribution in [3.05, 3.63) is 0 Å². The van der Waals surface area contributed by atoms with Crippen molar-refractivity contribution < 1.29 is 0 Å². The van der Waals surface area contributed by atoms with E-state index in [2.05, 4.69) is 11.4 Å². The van der Waals surface area contributed by atoms with E-state index in [1.165, 1.54) is 0 Å². The van der Waals surface area contributed by atoms with Crippen LogP contribution in [0.4, 0.5) is 0 Å².